The topological polar surface area (TPSA) is 74.0 Å². The Bertz CT molecular complexity index is 921. The van der Waals surface area contributed by atoms with Crippen molar-refractivity contribution < 1.29 is 23.4 Å². The van der Waals surface area contributed by atoms with Crippen molar-refractivity contribution in [3.05, 3.63) is 54.1 Å². The molecule has 1 unspecified atom stereocenters. The highest BCUT2D eigenvalue weighted by Gasteiger charge is 2.19. The van der Waals surface area contributed by atoms with E-state index in [4.69, 9.17) is 18.6 Å². The molecule has 7 nitrogen and oxygen atoms in total. The average molecular weight is 427 g/mol. The molecule has 0 bridgehead atoms. The minimum absolute atomic E-state index is 0.299. The number of para-hydroxylation sites is 2. The second-order valence-corrected chi connectivity index (χ2v) is 7.11. The van der Waals surface area contributed by atoms with Gasteiger partial charge < -0.3 is 23.5 Å². The van der Waals surface area contributed by atoms with Crippen LogP contribution in [0, 0.1) is 0 Å². The fraction of sp³-hybridized carbons (Fsp3) is 0.417. The minimum atomic E-state index is -0.525. The first kappa shape index (κ1) is 22.6. The van der Waals surface area contributed by atoms with Crippen LogP contribution in [0.25, 0.3) is 11.1 Å². The van der Waals surface area contributed by atoms with Crippen LogP contribution in [0.2, 0.25) is 0 Å². The van der Waals surface area contributed by atoms with Crippen LogP contribution in [0.4, 0.5) is 6.01 Å². The summed E-state index contributed by atoms with van der Waals surface area (Å²) in [6.07, 6.45) is 0.787. The molecule has 0 aliphatic carbocycles. The number of nitrogens with zero attached hydrogens (tertiary/aromatic N) is 2. The molecule has 0 spiro atoms. The van der Waals surface area contributed by atoms with Crippen LogP contribution in [0.5, 0.6) is 5.75 Å². The van der Waals surface area contributed by atoms with E-state index in [2.05, 4.69) is 4.98 Å². The number of hydrogen-bond donors (Lipinski definition) is 0. The molecule has 0 saturated heterocycles. The van der Waals surface area contributed by atoms with Gasteiger partial charge in [0.05, 0.1) is 13.2 Å². The third-order valence-electron chi connectivity index (χ3n) is 4.84. The minimum Gasteiger partial charge on any atom is -0.492 e. The van der Waals surface area contributed by atoms with Crippen LogP contribution in [-0.4, -0.2) is 50.5 Å². The van der Waals surface area contributed by atoms with Gasteiger partial charge in [-0.05, 0) is 56.5 Å². The van der Waals surface area contributed by atoms with Crippen LogP contribution in [0.15, 0.2) is 52.9 Å². The van der Waals surface area contributed by atoms with E-state index >= 15 is 0 Å². The molecule has 0 aliphatic heterocycles. The fourth-order valence-corrected chi connectivity index (χ4v) is 3.18. The molecule has 1 heterocycles. The van der Waals surface area contributed by atoms with Crippen molar-refractivity contribution in [3.8, 4) is 5.75 Å². The highest BCUT2D eigenvalue weighted by atomic mass is 16.6. The number of likely N-dealkylation sites (N-methyl/N-ethyl adjacent to an activating group) is 1. The molecule has 0 aliphatic rings. The van der Waals surface area contributed by atoms with E-state index in [1.54, 1.807) is 6.92 Å². The Hall–Kier alpha value is -3.06. The number of ether oxygens (including phenoxy) is 3. The zero-order valence-electron chi connectivity index (χ0n) is 18.4. The molecule has 1 aromatic heterocycles. The van der Waals surface area contributed by atoms with E-state index in [0.717, 1.165) is 28.8 Å². The number of aryl methyl sites for hydroxylation is 1. The molecule has 0 amide bonds. The van der Waals surface area contributed by atoms with Gasteiger partial charge >= 0.3 is 5.97 Å². The van der Waals surface area contributed by atoms with Gasteiger partial charge in [-0.2, -0.15) is 4.98 Å². The molecule has 7 heteroatoms. The van der Waals surface area contributed by atoms with Crippen molar-refractivity contribution >= 4 is 23.1 Å². The molecule has 0 saturated carbocycles. The maximum Gasteiger partial charge on any atom is 0.335 e. The SMILES string of the molecule is CCOC(=O)C(CCc1ccc(OCCN(C)c2nc3ccccc3o2)cc1)OCC. The lowest BCUT2D eigenvalue weighted by molar-refractivity contribution is -0.156. The summed E-state index contributed by atoms with van der Waals surface area (Å²) in [7, 11) is 1.93. The summed E-state index contributed by atoms with van der Waals surface area (Å²) in [5.41, 5.74) is 2.73. The van der Waals surface area contributed by atoms with Crippen LogP contribution in [0.3, 0.4) is 0 Å². The Morgan fingerprint density at radius 1 is 1.10 bits per heavy atom. The number of hydrogen-bond acceptors (Lipinski definition) is 7. The third kappa shape index (κ3) is 6.46. The van der Waals surface area contributed by atoms with Crippen molar-refractivity contribution in [3.63, 3.8) is 0 Å². The summed E-state index contributed by atoms with van der Waals surface area (Å²) in [6, 6.07) is 16.2. The van der Waals surface area contributed by atoms with Crippen molar-refractivity contribution in [2.75, 3.05) is 38.3 Å². The molecule has 0 N–H and O–H groups in total. The zero-order chi connectivity index (χ0) is 22.1. The third-order valence-corrected chi connectivity index (χ3v) is 4.84. The van der Waals surface area contributed by atoms with Gasteiger partial charge in [-0.3, -0.25) is 0 Å². The highest BCUT2D eigenvalue weighted by Crippen LogP contribution is 2.21. The van der Waals surface area contributed by atoms with Gasteiger partial charge in [-0.1, -0.05) is 24.3 Å². The Kier molecular flexibility index (Phi) is 8.29. The Labute approximate surface area is 182 Å². The lowest BCUT2D eigenvalue weighted by Gasteiger charge is -2.16. The predicted octanol–water partition coefficient (Wildman–Crippen LogP) is 4.24. The van der Waals surface area contributed by atoms with E-state index < -0.39 is 6.10 Å². The van der Waals surface area contributed by atoms with Crippen LogP contribution < -0.4 is 9.64 Å². The van der Waals surface area contributed by atoms with Gasteiger partial charge in [0.2, 0.25) is 0 Å². The summed E-state index contributed by atoms with van der Waals surface area (Å²) in [5, 5.41) is 0. The summed E-state index contributed by atoms with van der Waals surface area (Å²) in [6.45, 7) is 5.66. The van der Waals surface area contributed by atoms with E-state index in [0.29, 0.717) is 38.8 Å². The quantitative estimate of drug-likeness (QED) is 0.401. The van der Waals surface area contributed by atoms with Gasteiger partial charge in [0.25, 0.3) is 6.01 Å². The fourth-order valence-electron chi connectivity index (χ4n) is 3.18. The van der Waals surface area contributed by atoms with Gasteiger partial charge in [0, 0.05) is 13.7 Å². The molecule has 3 rings (SSSR count). The molecular weight excluding hydrogens is 396 g/mol. The molecular formula is C24H30N2O5. The van der Waals surface area contributed by atoms with Gasteiger partial charge in [0.1, 0.15) is 17.9 Å². The van der Waals surface area contributed by atoms with Crippen molar-refractivity contribution in [2.24, 2.45) is 0 Å². The number of fused-ring (bicyclic) bond motifs is 1. The Morgan fingerprint density at radius 2 is 1.87 bits per heavy atom. The second kappa shape index (κ2) is 11.4. The van der Waals surface area contributed by atoms with Gasteiger partial charge in [-0.15, -0.1) is 0 Å². The maximum absolute atomic E-state index is 12.0. The number of benzene rings is 2. The molecule has 166 valence electrons. The number of oxazole rings is 1. The highest BCUT2D eigenvalue weighted by molar-refractivity contribution is 5.75. The second-order valence-electron chi connectivity index (χ2n) is 7.11. The standard InChI is InChI=1S/C24H30N2O5/c1-4-28-22(23(27)29-5-2)15-12-18-10-13-19(14-11-18)30-17-16-26(3)24-25-20-8-6-7-9-21(20)31-24/h6-11,13-14,22H,4-5,12,15-17H2,1-3H3. The van der Waals surface area contributed by atoms with E-state index in [9.17, 15) is 4.79 Å². The van der Waals surface area contributed by atoms with Crippen molar-refractivity contribution in [1.82, 2.24) is 4.98 Å². The first-order chi connectivity index (χ1) is 15.1. The molecule has 1 atom stereocenters. The largest absolute Gasteiger partial charge is 0.492 e. The predicted molar refractivity (Wildman–Crippen MR) is 120 cm³/mol. The normalized spacial score (nSPS) is 12.0. The number of anilines is 1. The molecule has 0 fully saturated rings. The number of esters is 1. The molecule has 2 aromatic carbocycles. The number of aromatic nitrogens is 1. The monoisotopic (exact) mass is 426 g/mol. The summed E-state index contributed by atoms with van der Waals surface area (Å²) in [4.78, 5) is 18.4. The van der Waals surface area contributed by atoms with Gasteiger partial charge in [-0.25, -0.2) is 4.79 Å². The smallest absolute Gasteiger partial charge is 0.335 e. The van der Waals surface area contributed by atoms with Crippen LogP contribution in [-0.2, 0) is 20.7 Å². The van der Waals surface area contributed by atoms with Crippen LogP contribution in [0.1, 0.15) is 25.8 Å². The Balaban J connectivity index is 1.45. The number of rotatable bonds is 12. The zero-order valence-corrected chi connectivity index (χ0v) is 18.4. The Morgan fingerprint density at radius 3 is 2.58 bits per heavy atom. The van der Waals surface area contributed by atoms with Crippen molar-refractivity contribution in [1.29, 1.82) is 0 Å². The average Bonchev–Trinajstić information content (AvgIpc) is 3.22. The first-order valence-electron chi connectivity index (χ1n) is 10.7. The van der Waals surface area contributed by atoms with Crippen molar-refractivity contribution in [2.45, 2.75) is 32.8 Å². The molecule has 0 radical (unpaired) electrons. The van der Waals surface area contributed by atoms with E-state index in [1.165, 1.54) is 0 Å². The van der Waals surface area contributed by atoms with Crippen LogP contribution >= 0.6 is 0 Å². The van der Waals surface area contributed by atoms with Gasteiger partial charge in [0.15, 0.2) is 11.7 Å². The maximum atomic E-state index is 12.0. The summed E-state index contributed by atoms with van der Waals surface area (Å²) >= 11 is 0. The molecule has 3 aromatic rings. The van der Waals surface area contributed by atoms with E-state index in [1.807, 2.05) is 67.4 Å². The van der Waals surface area contributed by atoms with E-state index in [-0.39, 0.29) is 5.97 Å². The first-order valence-corrected chi connectivity index (χ1v) is 10.7. The summed E-state index contributed by atoms with van der Waals surface area (Å²) in [5.74, 6) is 0.494. The summed E-state index contributed by atoms with van der Waals surface area (Å²) < 4.78 is 22.2. The lowest BCUT2D eigenvalue weighted by Crippen LogP contribution is -2.27. The molecule has 31 heavy (non-hydrogen) atoms. The number of carbonyl (C=O) groups excluding carboxylic acids is 1. The lowest BCUT2D eigenvalue weighted by atomic mass is 10.1. The number of carbonyl (C=O) groups is 1.